The Kier molecular flexibility index (Phi) is 7.50. The van der Waals surface area contributed by atoms with Crippen molar-refractivity contribution < 1.29 is 22.4 Å². The van der Waals surface area contributed by atoms with E-state index in [1.54, 1.807) is 30.3 Å². The van der Waals surface area contributed by atoms with Crippen LogP contribution in [-0.4, -0.2) is 16.1 Å². The summed E-state index contributed by atoms with van der Waals surface area (Å²) in [5.74, 6) is -2.19. The van der Waals surface area contributed by atoms with Crippen molar-refractivity contribution >= 4 is 46.9 Å². The molecule has 0 N–H and O–H groups in total. The number of hydrogen-bond donors (Lipinski definition) is 0. The van der Waals surface area contributed by atoms with Crippen LogP contribution in [0.25, 0.3) is 0 Å². The second kappa shape index (κ2) is 9.17. The molecule has 25 heavy (non-hydrogen) atoms. The van der Waals surface area contributed by atoms with E-state index in [0.29, 0.717) is 3.57 Å². The fraction of sp³-hybridized carbons (Fsp3) is 0.235. The molecule has 3 nitrogen and oxygen atoms in total. The Bertz CT molecular complexity index is 679. The molecule has 0 bridgehead atoms. The summed E-state index contributed by atoms with van der Waals surface area (Å²) in [6, 6.07) is 17.9. The Morgan fingerprint density at radius 1 is 0.920 bits per heavy atom. The van der Waals surface area contributed by atoms with E-state index in [9.17, 15) is 18.0 Å². The fourth-order valence-corrected chi connectivity index (χ4v) is 15.1. The van der Waals surface area contributed by atoms with Crippen LogP contribution in [0.1, 0.15) is 13.8 Å². The van der Waals surface area contributed by atoms with Gasteiger partial charge in [0.15, 0.2) is 0 Å². The predicted molar refractivity (Wildman–Crippen MR) is 107 cm³/mol. The molecule has 0 heterocycles. The van der Waals surface area contributed by atoms with Crippen molar-refractivity contribution in [1.82, 2.24) is 0 Å². The molecule has 0 fully saturated rings. The van der Waals surface area contributed by atoms with Gasteiger partial charge in [0.05, 0.1) is 0 Å². The van der Waals surface area contributed by atoms with E-state index in [1.807, 2.05) is 44.2 Å². The molecule has 0 aliphatic carbocycles. The Balaban J connectivity index is 2.29. The van der Waals surface area contributed by atoms with Gasteiger partial charge in [0.2, 0.25) is 0 Å². The second-order valence-electron chi connectivity index (χ2n) is 5.02. The molecule has 2 aromatic rings. The number of carbonyl (C=O) groups excluding carboxylic acids is 1. The molecule has 0 atom stereocenters. The van der Waals surface area contributed by atoms with E-state index in [-0.39, 0.29) is 3.92 Å². The topological polar surface area (TPSA) is 35.5 Å². The Morgan fingerprint density at radius 3 is 1.84 bits per heavy atom. The molecule has 8 heteroatoms. The summed E-state index contributed by atoms with van der Waals surface area (Å²) in [5.41, 5.74) is 0. The van der Waals surface area contributed by atoms with E-state index in [1.165, 1.54) is 0 Å². The second-order valence-corrected chi connectivity index (χ2v) is 15.8. The first-order valence-electron chi connectivity index (χ1n) is 7.26. The molecule has 138 valence electrons. The van der Waals surface area contributed by atoms with Crippen molar-refractivity contribution in [1.29, 1.82) is 0 Å². The van der Waals surface area contributed by atoms with Crippen LogP contribution in [0.5, 0.6) is 0 Å². The standard InChI is InChI=1S/C17H17F3I2O3/c1-13(2)21(14-9-5-3-6-10-14)25-22(15-11-7-4-8-12-15)24-16(23)17(18,19)20/h3-13H,1-2H3. The Hall–Kier alpha value is -0.880. The van der Waals surface area contributed by atoms with Crippen molar-refractivity contribution in [2.45, 2.75) is 23.9 Å². The van der Waals surface area contributed by atoms with Crippen LogP contribution in [0, 0.1) is 7.14 Å². The summed E-state index contributed by atoms with van der Waals surface area (Å²) in [5, 5.41) is 0. The van der Waals surface area contributed by atoms with Crippen LogP contribution >= 0.6 is 40.9 Å². The monoisotopic (exact) mass is 580 g/mol. The number of halogens is 5. The van der Waals surface area contributed by atoms with Crippen LogP contribution in [0.4, 0.5) is 13.2 Å². The average molecular weight is 580 g/mol. The van der Waals surface area contributed by atoms with Gasteiger partial charge in [-0.15, -0.1) is 0 Å². The quantitative estimate of drug-likeness (QED) is 0.310. The van der Waals surface area contributed by atoms with Gasteiger partial charge in [-0.25, -0.2) is 0 Å². The van der Waals surface area contributed by atoms with Crippen LogP contribution in [-0.2, 0) is 9.26 Å². The summed E-state index contributed by atoms with van der Waals surface area (Å²) in [6.45, 7) is 3.95. The molecular weight excluding hydrogens is 563 g/mol. The third kappa shape index (κ3) is 6.10. The number of benzene rings is 2. The van der Waals surface area contributed by atoms with Gasteiger partial charge in [0, 0.05) is 0 Å². The van der Waals surface area contributed by atoms with Crippen LogP contribution in [0.2, 0.25) is 0 Å². The van der Waals surface area contributed by atoms with Gasteiger partial charge in [0.1, 0.15) is 0 Å². The van der Waals surface area contributed by atoms with Crippen molar-refractivity contribution in [2.24, 2.45) is 0 Å². The fourth-order valence-electron chi connectivity index (χ4n) is 1.66. The number of rotatable bonds is 6. The van der Waals surface area contributed by atoms with E-state index in [0.717, 1.165) is 3.57 Å². The minimum absolute atomic E-state index is 0.153. The molecule has 0 radical (unpaired) electrons. The summed E-state index contributed by atoms with van der Waals surface area (Å²) in [7, 11) is 0. The minimum atomic E-state index is -5.03. The van der Waals surface area contributed by atoms with Crippen LogP contribution in [0.15, 0.2) is 60.7 Å². The normalized spacial score (nSPS) is 12.7. The van der Waals surface area contributed by atoms with Gasteiger partial charge in [-0.05, 0) is 0 Å². The summed E-state index contributed by atoms with van der Waals surface area (Å²) >= 11 is -5.53. The van der Waals surface area contributed by atoms with Crippen LogP contribution in [0.3, 0.4) is 0 Å². The molecular formula is C17H17F3I2O3. The molecule has 0 spiro atoms. The van der Waals surface area contributed by atoms with Crippen molar-refractivity contribution in [3.63, 3.8) is 0 Å². The van der Waals surface area contributed by atoms with E-state index in [2.05, 4.69) is 0 Å². The zero-order chi connectivity index (χ0) is 18.4. The zero-order valence-electron chi connectivity index (χ0n) is 13.5. The summed E-state index contributed by atoms with van der Waals surface area (Å²) in [6.07, 6.45) is -5.03. The maximum atomic E-state index is 12.7. The molecule has 2 rings (SSSR count). The van der Waals surface area contributed by atoms with Crippen molar-refractivity contribution in [2.75, 3.05) is 0 Å². The number of alkyl halides is 4. The van der Waals surface area contributed by atoms with Gasteiger partial charge < -0.3 is 0 Å². The molecule has 0 unspecified atom stereocenters. The molecule has 0 aromatic heterocycles. The van der Waals surface area contributed by atoms with Gasteiger partial charge in [-0.1, -0.05) is 0 Å². The first-order chi connectivity index (χ1) is 11.8. The number of carbonyl (C=O) groups is 1. The van der Waals surface area contributed by atoms with Gasteiger partial charge >= 0.3 is 161 Å². The Morgan fingerprint density at radius 2 is 1.40 bits per heavy atom. The van der Waals surface area contributed by atoms with Crippen molar-refractivity contribution in [3.05, 3.63) is 67.8 Å². The number of hydrogen-bond acceptors (Lipinski definition) is 3. The molecule has 0 saturated heterocycles. The molecule has 0 amide bonds. The van der Waals surface area contributed by atoms with Gasteiger partial charge in [-0.3, -0.25) is 0 Å². The van der Waals surface area contributed by atoms with E-state index < -0.39 is 53.0 Å². The zero-order valence-corrected chi connectivity index (χ0v) is 17.8. The van der Waals surface area contributed by atoms with Crippen molar-refractivity contribution in [3.8, 4) is 0 Å². The van der Waals surface area contributed by atoms with E-state index in [4.69, 9.17) is 4.46 Å². The Labute approximate surface area is 160 Å². The van der Waals surface area contributed by atoms with E-state index >= 15 is 0 Å². The van der Waals surface area contributed by atoms with Gasteiger partial charge in [0.25, 0.3) is 0 Å². The maximum absolute atomic E-state index is 12.7. The predicted octanol–water partition coefficient (Wildman–Crippen LogP) is 6.01. The SMILES string of the molecule is CC(C)I(OI(OC(=O)C(F)(F)F)c1ccccc1)c1ccccc1. The molecule has 2 aromatic carbocycles. The third-order valence-electron chi connectivity index (χ3n) is 2.74. The molecule has 0 aliphatic rings. The van der Waals surface area contributed by atoms with Crippen LogP contribution < -0.4 is 0 Å². The van der Waals surface area contributed by atoms with Gasteiger partial charge in [-0.2, -0.15) is 0 Å². The average Bonchev–Trinajstić information content (AvgIpc) is 2.58. The molecule has 0 aliphatic heterocycles. The summed E-state index contributed by atoms with van der Waals surface area (Å²) in [4.78, 5) is 11.4. The summed E-state index contributed by atoms with van der Waals surface area (Å²) < 4.78 is 50.6. The molecule has 0 saturated carbocycles. The first-order valence-corrected chi connectivity index (χ1v) is 13.3. The first kappa shape index (κ1) is 20.4. The third-order valence-corrected chi connectivity index (χ3v) is 14.6.